The van der Waals surface area contributed by atoms with E-state index in [1.165, 1.54) is 16.2 Å². The molecule has 9 heteroatoms. The number of aliphatic hydroxyl groups is 2. The first-order valence-electron chi connectivity index (χ1n) is 11.6. The van der Waals surface area contributed by atoms with Crippen LogP contribution in [-0.2, 0) is 16.1 Å². The quantitative estimate of drug-likeness (QED) is 0.438. The topological polar surface area (TPSA) is 103 Å². The molecule has 3 N–H and O–H groups in total. The first kappa shape index (κ1) is 26.8. The van der Waals surface area contributed by atoms with Crippen LogP contribution in [0.4, 0.5) is 0 Å². The van der Waals surface area contributed by atoms with Gasteiger partial charge in [0.05, 0.1) is 17.2 Å². The van der Waals surface area contributed by atoms with Gasteiger partial charge in [0.25, 0.3) is 11.8 Å². The predicted octanol–water partition coefficient (Wildman–Crippen LogP) is 4.19. The molecule has 4 rings (SSSR count). The van der Waals surface area contributed by atoms with E-state index in [-0.39, 0.29) is 12.6 Å². The van der Waals surface area contributed by atoms with Crippen LogP contribution in [0.15, 0.2) is 59.4 Å². The lowest BCUT2D eigenvalue weighted by Gasteiger charge is -2.28. The van der Waals surface area contributed by atoms with Crippen LogP contribution in [0.2, 0.25) is 5.02 Å². The van der Waals surface area contributed by atoms with Gasteiger partial charge in [-0.1, -0.05) is 61.8 Å². The van der Waals surface area contributed by atoms with Crippen LogP contribution < -0.4 is 5.32 Å². The molecule has 1 saturated heterocycles. The molecule has 3 atom stereocenters. The third-order valence-electron chi connectivity index (χ3n) is 5.74. The van der Waals surface area contributed by atoms with Crippen molar-refractivity contribution in [1.82, 2.24) is 15.2 Å². The van der Waals surface area contributed by atoms with E-state index in [1.807, 2.05) is 49.6 Å². The maximum atomic E-state index is 12.9. The third kappa shape index (κ3) is 6.67. The molecule has 1 aliphatic heterocycles. The lowest BCUT2D eigenvalue weighted by Crippen LogP contribution is -2.50. The van der Waals surface area contributed by atoms with Gasteiger partial charge in [-0.05, 0) is 36.1 Å². The fraction of sp³-hybridized carbons (Fsp3) is 0.346. The smallest absolute Gasteiger partial charge is 0.255 e. The molecule has 0 bridgehead atoms. The van der Waals surface area contributed by atoms with Crippen LogP contribution >= 0.6 is 22.9 Å². The second-order valence-corrected chi connectivity index (χ2v) is 9.08. The zero-order valence-electron chi connectivity index (χ0n) is 19.7. The zero-order valence-corrected chi connectivity index (χ0v) is 21.3. The fourth-order valence-electron chi connectivity index (χ4n) is 3.98. The second-order valence-electron chi connectivity index (χ2n) is 7.92. The van der Waals surface area contributed by atoms with Crippen LogP contribution in [-0.4, -0.2) is 50.7 Å². The van der Waals surface area contributed by atoms with Gasteiger partial charge in [0.1, 0.15) is 0 Å². The number of aromatic nitrogens is 1. The lowest BCUT2D eigenvalue weighted by atomic mass is 10.0. The lowest BCUT2D eigenvalue weighted by molar-refractivity contribution is -0.153. The minimum Gasteiger partial charge on any atom is -0.380 e. The SMILES string of the molecule is CC.O=C(NCc1ccc(-c2cscn2)cc1)[C@H](O)[C@@H](O)C(=O)N1CCCC1c1cccc(Cl)c1. The summed E-state index contributed by atoms with van der Waals surface area (Å²) in [5.74, 6) is -1.48. The summed E-state index contributed by atoms with van der Waals surface area (Å²) >= 11 is 7.59. The summed E-state index contributed by atoms with van der Waals surface area (Å²) in [5, 5.41) is 25.9. The normalized spacial score (nSPS) is 16.7. The van der Waals surface area contributed by atoms with Gasteiger partial charge >= 0.3 is 0 Å². The number of nitrogens with one attached hydrogen (secondary N) is 1. The Morgan fingerprint density at radius 2 is 1.91 bits per heavy atom. The Morgan fingerprint density at radius 3 is 2.57 bits per heavy atom. The van der Waals surface area contributed by atoms with E-state index in [4.69, 9.17) is 11.6 Å². The average molecular weight is 516 g/mol. The predicted molar refractivity (Wildman–Crippen MR) is 138 cm³/mol. The molecule has 0 spiro atoms. The van der Waals surface area contributed by atoms with Gasteiger partial charge in [-0.15, -0.1) is 11.3 Å². The van der Waals surface area contributed by atoms with Crippen LogP contribution in [0.5, 0.6) is 0 Å². The maximum absolute atomic E-state index is 12.9. The second kappa shape index (κ2) is 12.8. The van der Waals surface area contributed by atoms with Crippen molar-refractivity contribution < 1.29 is 19.8 Å². The monoisotopic (exact) mass is 515 g/mol. The van der Waals surface area contributed by atoms with Crippen LogP contribution in [0.1, 0.15) is 43.9 Å². The molecule has 3 aromatic rings. The van der Waals surface area contributed by atoms with E-state index in [0.29, 0.717) is 11.6 Å². The Kier molecular flexibility index (Phi) is 9.80. The van der Waals surface area contributed by atoms with Crippen molar-refractivity contribution in [3.8, 4) is 11.3 Å². The molecule has 186 valence electrons. The molecule has 2 heterocycles. The van der Waals surface area contributed by atoms with Crippen molar-refractivity contribution in [2.24, 2.45) is 0 Å². The molecule has 35 heavy (non-hydrogen) atoms. The first-order chi connectivity index (χ1) is 16.9. The van der Waals surface area contributed by atoms with E-state index in [0.717, 1.165) is 35.2 Å². The van der Waals surface area contributed by atoms with Crippen molar-refractivity contribution in [3.63, 3.8) is 0 Å². The molecule has 0 saturated carbocycles. The minimum absolute atomic E-state index is 0.156. The number of rotatable bonds is 7. The van der Waals surface area contributed by atoms with Crippen LogP contribution in [0, 0.1) is 0 Å². The highest BCUT2D eigenvalue weighted by Gasteiger charge is 2.38. The number of amides is 2. The Balaban J connectivity index is 0.00000167. The maximum Gasteiger partial charge on any atom is 0.255 e. The van der Waals surface area contributed by atoms with E-state index < -0.39 is 24.0 Å². The molecule has 7 nitrogen and oxygen atoms in total. The summed E-state index contributed by atoms with van der Waals surface area (Å²) in [6.45, 7) is 4.59. The molecule has 1 aromatic heterocycles. The summed E-state index contributed by atoms with van der Waals surface area (Å²) in [6.07, 6.45) is -2.24. The Hall–Kier alpha value is -2.78. The van der Waals surface area contributed by atoms with Gasteiger partial charge < -0.3 is 20.4 Å². The number of carbonyl (C=O) groups is 2. The molecular formula is C26H30ClN3O4S. The van der Waals surface area contributed by atoms with Gasteiger partial charge in [0.2, 0.25) is 0 Å². The Labute approximate surface area is 214 Å². The highest BCUT2D eigenvalue weighted by Crippen LogP contribution is 2.33. The standard InChI is InChI=1S/C24H24ClN3O4S.C2H6/c25-18-4-1-3-17(11-18)20-5-2-10-28(20)24(32)22(30)21(29)23(31)26-12-15-6-8-16(9-7-15)19-13-33-14-27-19;1-2/h1,3-4,6-9,11,13-14,20-22,29-30H,2,5,10,12H2,(H,26,31);1-2H3/t20?,21-,22-;/m1./s1. The van der Waals surface area contributed by atoms with Crippen molar-refractivity contribution in [1.29, 1.82) is 0 Å². The third-order valence-corrected chi connectivity index (χ3v) is 6.56. The molecule has 2 amide bonds. The van der Waals surface area contributed by atoms with E-state index in [9.17, 15) is 19.8 Å². The van der Waals surface area contributed by atoms with Gasteiger partial charge in [0, 0.05) is 29.1 Å². The molecule has 1 fully saturated rings. The number of hydrogen-bond acceptors (Lipinski definition) is 6. The largest absolute Gasteiger partial charge is 0.380 e. The summed E-state index contributed by atoms with van der Waals surface area (Å²) in [6, 6.07) is 14.5. The molecule has 0 aliphatic carbocycles. The number of nitrogens with zero attached hydrogens (tertiary/aromatic N) is 2. The molecule has 1 unspecified atom stereocenters. The molecular weight excluding hydrogens is 486 g/mol. The number of thiazole rings is 1. The van der Waals surface area contributed by atoms with Gasteiger partial charge in [-0.25, -0.2) is 4.98 Å². The number of aliphatic hydroxyl groups excluding tert-OH is 2. The molecule has 2 aromatic carbocycles. The van der Waals surface area contributed by atoms with Gasteiger partial charge in [-0.3, -0.25) is 9.59 Å². The van der Waals surface area contributed by atoms with E-state index in [2.05, 4.69) is 10.3 Å². The number of hydrogen-bond donors (Lipinski definition) is 3. The summed E-state index contributed by atoms with van der Waals surface area (Å²) < 4.78 is 0. The fourth-order valence-corrected chi connectivity index (χ4v) is 4.74. The minimum atomic E-state index is -1.87. The summed E-state index contributed by atoms with van der Waals surface area (Å²) in [7, 11) is 0. The van der Waals surface area contributed by atoms with Crippen LogP contribution in [0.25, 0.3) is 11.3 Å². The number of carbonyl (C=O) groups excluding carboxylic acids is 2. The average Bonchev–Trinajstić information content (AvgIpc) is 3.60. The summed E-state index contributed by atoms with van der Waals surface area (Å²) in [5.41, 5.74) is 5.28. The number of likely N-dealkylation sites (tertiary alicyclic amines) is 1. The van der Waals surface area contributed by atoms with Crippen molar-refractivity contribution in [2.75, 3.05) is 6.54 Å². The highest BCUT2D eigenvalue weighted by atomic mass is 35.5. The van der Waals surface area contributed by atoms with Crippen molar-refractivity contribution >= 4 is 34.8 Å². The van der Waals surface area contributed by atoms with Gasteiger partial charge in [0.15, 0.2) is 12.2 Å². The number of halogens is 1. The van der Waals surface area contributed by atoms with E-state index in [1.54, 1.807) is 23.7 Å². The number of benzene rings is 2. The van der Waals surface area contributed by atoms with E-state index >= 15 is 0 Å². The van der Waals surface area contributed by atoms with Crippen LogP contribution in [0.3, 0.4) is 0 Å². The van der Waals surface area contributed by atoms with Crippen molar-refractivity contribution in [2.45, 2.75) is 51.5 Å². The molecule has 1 aliphatic rings. The Morgan fingerprint density at radius 1 is 1.17 bits per heavy atom. The van der Waals surface area contributed by atoms with Crippen molar-refractivity contribution in [3.05, 3.63) is 75.6 Å². The van der Waals surface area contributed by atoms with Gasteiger partial charge in [-0.2, -0.15) is 0 Å². The molecule has 0 radical (unpaired) electrons. The first-order valence-corrected chi connectivity index (χ1v) is 12.9. The summed E-state index contributed by atoms with van der Waals surface area (Å²) in [4.78, 5) is 31.1. The Bertz CT molecular complexity index is 1110. The highest BCUT2D eigenvalue weighted by molar-refractivity contribution is 7.07. The zero-order chi connectivity index (χ0) is 25.4.